The van der Waals surface area contributed by atoms with Crippen LogP contribution in [0, 0.1) is 25.2 Å². The van der Waals surface area contributed by atoms with E-state index < -0.39 is 10.0 Å². The van der Waals surface area contributed by atoms with Crippen molar-refractivity contribution in [3.8, 4) is 34.8 Å². The first-order chi connectivity index (χ1) is 14.2. The van der Waals surface area contributed by atoms with Crippen LogP contribution >= 0.6 is 0 Å². The van der Waals surface area contributed by atoms with Gasteiger partial charge in [-0.3, -0.25) is 9.71 Å². The van der Waals surface area contributed by atoms with Gasteiger partial charge in [0.2, 0.25) is 21.8 Å². The van der Waals surface area contributed by atoms with Gasteiger partial charge in [-0.1, -0.05) is 0 Å². The molecule has 0 bridgehead atoms. The first kappa shape index (κ1) is 21.0. The number of aryl methyl sites for hydroxylation is 2. The summed E-state index contributed by atoms with van der Waals surface area (Å²) in [5, 5.41) is 9.10. The van der Waals surface area contributed by atoms with Gasteiger partial charge in [-0.2, -0.15) is 5.26 Å². The molecule has 3 rings (SSSR count). The zero-order valence-corrected chi connectivity index (χ0v) is 17.6. The van der Waals surface area contributed by atoms with Crippen molar-refractivity contribution in [1.29, 1.82) is 5.26 Å². The first-order valence-corrected chi connectivity index (χ1v) is 10.6. The molecule has 30 heavy (non-hydrogen) atoms. The van der Waals surface area contributed by atoms with E-state index in [0.717, 1.165) is 11.8 Å². The molecular formula is C20H19N5O4S. The van der Waals surface area contributed by atoms with Gasteiger partial charge in [-0.15, -0.1) is 0 Å². The number of rotatable bonds is 6. The molecular weight excluding hydrogens is 406 g/mol. The maximum atomic E-state index is 11.8. The maximum absolute atomic E-state index is 11.8. The van der Waals surface area contributed by atoms with Crippen molar-refractivity contribution < 1.29 is 17.9 Å². The molecule has 0 radical (unpaired) electrons. The molecule has 0 aliphatic carbocycles. The Kier molecular flexibility index (Phi) is 5.84. The highest BCUT2D eigenvalue weighted by atomic mass is 32.2. The van der Waals surface area contributed by atoms with Gasteiger partial charge in [-0.25, -0.2) is 18.4 Å². The van der Waals surface area contributed by atoms with Crippen LogP contribution in [0.3, 0.4) is 0 Å². The summed E-state index contributed by atoms with van der Waals surface area (Å²) < 4.78 is 37.1. The number of hydrogen-bond donors (Lipinski definition) is 1. The smallest absolute Gasteiger partial charge is 0.244 e. The topological polar surface area (TPSA) is 127 Å². The van der Waals surface area contributed by atoms with E-state index in [1.807, 2.05) is 13.0 Å². The fourth-order valence-electron chi connectivity index (χ4n) is 2.74. The Morgan fingerprint density at radius 1 is 1.13 bits per heavy atom. The first-order valence-electron chi connectivity index (χ1n) is 8.74. The van der Waals surface area contributed by atoms with Crippen LogP contribution in [0.5, 0.6) is 17.5 Å². The van der Waals surface area contributed by atoms with Crippen molar-refractivity contribution in [2.45, 2.75) is 13.8 Å². The third-order valence-corrected chi connectivity index (χ3v) is 4.62. The molecule has 1 N–H and O–H groups in total. The second-order valence-corrected chi connectivity index (χ2v) is 8.24. The van der Waals surface area contributed by atoms with E-state index in [4.69, 9.17) is 14.7 Å². The number of nitrogens with zero attached hydrogens (tertiary/aromatic N) is 4. The molecule has 154 valence electrons. The lowest BCUT2D eigenvalue weighted by Gasteiger charge is -2.16. The van der Waals surface area contributed by atoms with E-state index in [9.17, 15) is 8.42 Å². The minimum atomic E-state index is -3.57. The van der Waals surface area contributed by atoms with E-state index in [1.54, 1.807) is 37.4 Å². The zero-order valence-electron chi connectivity index (χ0n) is 16.8. The minimum Gasteiger partial charge on any atom is -0.481 e. The monoisotopic (exact) mass is 425 g/mol. The van der Waals surface area contributed by atoms with Crippen molar-refractivity contribution in [2.24, 2.45) is 0 Å². The quantitative estimate of drug-likeness (QED) is 0.638. The van der Waals surface area contributed by atoms with E-state index in [2.05, 4.69) is 19.7 Å². The lowest BCUT2D eigenvalue weighted by atomic mass is 10.1. The van der Waals surface area contributed by atoms with Crippen LogP contribution in [0.15, 0.2) is 36.7 Å². The van der Waals surface area contributed by atoms with Crippen molar-refractivity contribution in [3.63, 3.8) is 0 Å². The predicted octanol–water partition coefficient (Wildman–Crippen LogP) is 3.20. The maximum Gasteiger partial charge on any atom is 0.244 e. The van der Waals surface area contributed by atoms with Crippen molar-refractivity contribution in [1.82, 2.24) is 15.0 Å². The molecule has 0 spiro atoms. The molecule has 0 atom stereocenters. The van der Waals surface area contributed by atoms with Crippen LogP contribution in [0.1, 0.15) is 16.8 Å². The van der Waals surface area contributed by atoms with Crippen LogP contribution in [-0.4, -0.2) is 36.7 Å². The molecule has 0 aliphatic rings. The second-order valence-electron chi connectivity index (χ2n) is 6.50. The van der Waals surface area contributed by atoms with E-state index >= 15 is 0 Å². The van der Waals surface area contributed by atoms with E-state index in [-0.39, 0.29) is 11.6 Å². The lowest BCUT2D eigenvalue weighted by Crippen LogP contribution is -2.11. The summed E-state index contributed by atoms with van der Waals surface area (Å²) in [6.07, 6.45) is 4.04. The summed E-state index contributed by atoms with van der Waals surface area (Å²) in [7, 11) is -2.05. The van der Waals surface area contributed by atoms with Crippen LogP contribution in [0.4, 0.5) is 5.69 Å². The lowest BCUT2D eigenvalue weighted by molar-refractivity contribution is 0.391. The zero-order chi connectivity index (χ0) is 21.9. The molecule has 3 aromatic rings. The number of hydrogen-bond acceptors (Lipinski definition) is 8. The van der Waals surface area contributed by atoms with Gasteiger partial charge in [0.1, 0.15) is 11.8 Å². The summed E-state index contributed by atoms with van der Waals surface area (Å²) in [4.78, 5) is 12.8. The number of nitriles is 1. The Morgan fingerprint density at radius 2 is 1.90 bits per heavy atom. The second kappa shape index (κ2) is 8.34. The van der Waals surface area contributed by atoms with Crippen LogP contribution in [0.25, 0.3) is 11.3 Å². The SMILES string of the molecule is COc1cc(C)c(Oc2nc(-c3cncc(C#N)c3)ccc2NS(C)(=O)=O)c(C)n1. The number of sulfonamides is 1. The molecule has 0 saturated carbocycles. The standard InChI is InChI=1S/C20H19N5O4S/c1-12-7-18(28-3)23-13(2)19(12)29-20-17(25-30(4,26)27)6-5-16(24-20)15-8-14(9-21)10-22-11-15/h5-8,10-11,25H,1-4H3. The Bertz CT molecular complexity index is 1230. The molecule has 0 saturated heterocycles. The molecule has 0 aromatic carbocycles. The van der Waals surface area contributed by atoms with Crippen LogP contribution in [-0.2, 0) is 10.0 Å². The largest absolute Gasteiger partial charge is 0.481 e. The summed E-state index contributed by atoms with van der Waals surface area (Å²) in [6.45, 7) is 3.57. The number of anilines is 1. The number of aromatic nitrogens is 3. The number of nitrogens with one attached hydrogen (secondary N) is 1. The molecule has 0 amide bonds. The average molecular weight is 425 g/mol. The number of methoxy groups -OCH3 is 1. The van der Waals surface area contributed by atoms with Crippen LogP contribution < -0.4 is 14.2 Å². The minimum absolute atomic E-state index is 0.0402. The average Bonchev–Trinajstić information content (AvgIpc) is 2.70. The van der Waals surface area contributed by atoms with Gasteiger partial charge in [0.05, 0.1) is 30.3 Å². The fourth-order valence-corrected chi connectivity index (χ4v) is 3.29. The summed E-state index contributed by atoms with van der Waals surface area (Å²) >= 11 is 0. The number of ether oxygens (including phenoxy) is 2. The Balaban J connectivity index is 2.11. The summed E-state index contributed by atoms with van der Waals surface area (Å²) in [5.74, 6) is 0.910. The Hall–Kier alpha value is -3.71. The van der Waals surface area contributed by atoms with Crippen molar-refractivity contribution in [3.05, 3.63) is 53.5 Å². The summed E-state index contributed by atoms with van der Waals surface area (Å²) in [6, 6.07) is 8.52. The van der Waals surface area contributed by atoms with Gasteiger partial charge in [0.25, 0.3) is 0 Å². The summed E-state index contributed by atoms with van der Waals surface area (Å²) in [5.41, 5.74) is 2.89. The van der Waals surface area contributed by atoms with Gasteiger partial charge >= 0.3 is 0 Å². The van der Waals surface area contributed by atoms with Crippen molar-refractivity contribution >= 4 is 15.7 Å². The van der Waals surface area contributed by atoms with Gasteiger partial charge in [0, 0.05) is 24.0 Å². The van der Waals surface area contributed by atoms with E-state index in [0.29, 0.717) is 34.1 Å². The molecule has 10 heteroatoms. The normalized spacial score (nSPS) is 10.9. The van der Waals surface area contributed by atoms with Gasteiger partial charge < -0.3 is 9.47 Å². The molecule has 0 aliphatic heterocycles. The highest BCUT2D eigenvalue weighted by Gasteiger charge is 2.17. The fraction of sp³-hybridized carbons (Fsp3) is 0.200. The van der Waals surface area contributed by atoms with E-state index in [1.165, 1.54) is 13.3 Å². The third kappa shape index (κ3) is 4.82. The molecule has 0 fully saturated rings. The molecule has 9 nitrogen and oxygen atoms in total. The Morgan fingerprint density at radius 3 is 2.53 bits per heavy atom. The number of pyridine rings is 3. The predicted molar refractivity (Wildman–Crippen MR) is 111 cm³/mol. The van der Waals surface area contributed by atoms with Crippen molar-refractivity contribution in [2.75, 3.05) is 18.1 Å². The van der Waals surface area contributed by atoms with Gasteiger partial charge in [0.15, 0.2) is 5.75 Å². The highest BCUT2D eigenvalue weighted by molar-refractivity contribution is 7.92. The highest BCUT2D eigenvalue weighted by Crippen LogP contribution is 2.35. The molecule has 3 aromatic heterocycles. The molecule has 0 unspecified atom stereocenters. The van der Waals surface area contributed by atoms with Gasteiger partial charge in [-0.05, 0) is 37.6 Å². The Labute approximate surface area is 174 Å². The molecule has 3 heterocycles. The van der Waals surface area contributed by atoms with Crippen LogP contribution in [0.2, 0.25) is 0 Å². The third-order valence-electron chi connectivity index (χ3n) is 4.03.